The highest BCUT2D eigenvalue weighted by molar-refractivity contribution is 6.31. The van der Waals surface area contributed by atoms with Gasteiger partial charge in [-0.3, -0.25) is 9.59 Å². The molecule has 0 bridgehead atoms. The topological polar surface area (TPSA) is 113 Å². The Morgan fingerprint density at radius 3 is 2.68 bits per heavy atom. The number of aromatic nitrogens is 2. The lowest BCUT2D eigenvalue weighted by Gasteiger charge is -2.45. The minimum atomic E-state index is -4.71. The van der Waals surface area contributed by atoms with Gasteiger partial charge in [-0.2, -0.15) is 13.2 Å². The maximum Gasteiger partial charge on any atom is 0.416 e. The molecular formula is C21H21ClF4N6O2. The van der Waals surface area contributed by atoms with Crippen molar-refractivity contribution in [1.82, 2.24) is 20.2 Å². The molecule has 4 rings (SSSR count). The second-order valence-corrected chi connectivity index (χ2v) is 8.67. The molecule has 2 aliphatic rings. The molecule has 1 aromatic heterocycles. The molecule has 2 aliphatic heterocycles. The minimum absolute atomic E-state index is 0.0160. The molecule has 3 heterocycles. The van der Waals surface area contributed by atoms with Crippen LogP contribution in [0.25, 0.3) is 0 Å². The molecule has 2 amide bonds. The van der Waals surface area contributed by atoms with Gasteiger partial charge in [0.05, 0.1) is 5.56 Å². The van der Waals surface area contributed by atoms with Crippen molar-refractivity contribution in [1.29, 1.82) is 0 Å². The first kappa shape index (κ1) is 24.0. The van der Waals surface area contributed by atoms with Crippen molar-refractivity contribution in [2.45, 2.75) is 43.4 Å². The number of anilines is 2. The number of alkyl halides is 3. The fraction of sp³-hybridized carbons (Fsp3) is 0.429. The number of hydrogen-bond donors (Lipinski definition) is 3. The van der Waals surface area contributed by atoms with E-state index in [2.05, 4.69) is 20.6 Å². The maximum absolute atomic E-state index is 15.2. The van der Waals surface area contributed by atoms with E-state index >= 15 is 4.39 Å². The zero-order valence-electron chi connectivity index (χ0n) is 17.8. The molecule has 8 nitrogen and oxygen atoms in total. The monoisotopic (exact) mass is 500 g/mol. The molecule has 0 radical (unpaired) electrons. The van der Waals surface area contributed by atoms with E-state index in [1.54, 1.807) is 0 Å². The highest BCUT2D eigenvalue weighted by Crippen LogP contribution is 2.40. The van der Waals surface area contributed by atoms with E-state index in [1.165, 1.54) is 11.0 Å². The number of halogens is 5. The Labute approximate surface area is 196 Å². The number of hydrogen-bond acceptors (Lipinski definition) is 6. The number of benzene rings is 1. The summed E-state index contributed by atoms with van der Waals surface area (Å²) in [5.74, 6) is -2.64. The molecule has 0 aliphatic carbocycles. The first-order valence-electron chi connectivity index (χ1n) is 10.5. The lowest BCUT2D eigenvalue weighted by atomic mass is 9.82. The highest BCUT2D eigenvalue weighted by Gasteiger charge is 2.51. The van der Waals surface area contributed by atoms with Gasteiger partial charge in [-0.15, -0.1) is 0 Å². The van der Waals surface area contributed by atoms with Crippen LogP contribution in [0.5, 0.6) is 0 Å². The van der Waals surface area contributed by atoms with Crippen LogP contribution in [0, 0.1) is 5.82 Å². The Morgan fingerprint density at radius 1 is 1.21 bits per heavy atom. The van der Waals surface area contributed by atoms with Crippen molar-refractivity contribution in [3.63, 3.8) is 0 Å². The number of nitrogens with two attached hydrogens (primary N) is 1. The Kier molecular flexibility index (Phi) is 6.28. The average molecular weight is 501 g/mol. The molecule has 4 N–H and O–H groups in total. The lowest BCUT2D eigenvalue weighted by Crippen LogP contribution is -2.62. The Morgan fingerprint density at radius 2 is 1.97 bits per heavy atom. The predicted octanol–water partition coefficient (Wildman–Crippen LogP) is 3.08. The summed E-state index contributed by atoms with van der Waals surface area (Å²) in [6.45, 7) is 0.687. The summed E-state index contributed by atoms with van der Waals surface area (Å²) in [6.07, 6.45) is -2.40. The van der Waals surface area contributed by atoms with Crippen molar-refractivity contribution in [2.75, 3.05) is 24.1 Å². The number of nitrogens with zero attached hydrogens (tertiary/aromatic N) is 3. The second kappa shape index (κ2) is 8.90. The van der Waals surface area contributed by atoms with E-state index in [1.807, 2.05) is 0 Å². The van der Waals surface area contributed by atoms with Gasteiger partial charge in [-0.25, -0.2) is 14.4 Å². The number of piperidine rings is 2. The number of nitrogen functional groups attached to an aromatic ring is 1. The van der Waals surface area contributed by atoms with Crippen LogP contribution in [-0.4, -0.2) is 45.8 Å². The zero-order valence-corrected chi connectivity index (χ0v) is 18.5. The molecule has 2 saturated heterocycles. The van der Waals surface area contributed by atoms with Crippen LogP contribution >= 0.6 is 11.6 Å². The Hall–Kier alpha value is -3.15. The largest absolute Gasteiger partial charge is 0.416 e. The molecule has 2 fully saturated rings. The molecule has 2 aromatic rings. The average Bonchev–Trinajstić information content (AvgIpc) is 2.77. The number of carbonyl (C=O) groups excluding carboxylic acids is 2. The zero-order chi connectivity index (χ0) is 24.7. The molecule has 0 spiro atoms. The van der Waals surface area contributed by atoms with Crippen LogP contribution in [0.1, 0.15) is 36.9 Å². The number of rotatable bonds is 4. The molecule has 13 heteroatoms. The quantitative estimate of drug-likeness (QED) is 0.556. The van der Waals surface area contributed by atoms with Gasteiger partial charge in [0.15, 0.2) is 17.2 Å². The number of carbonyl (C=O) groups is 2. The number of amides is 2. The summed E-state index contributed by atoms with van der Waals surface area (Å²) in [7, 11) is 0. The molecule has 182 valence electrons. The number of likely N-dealkylation sites (tertiary alicyclic amines) is 1. The van der Waals surface area contributed by atoms with E-state index in [0.29, 0.717) is 25.8 Å². The molecule has 0 saturated carbocycles. The second-order valence-electron chi connectivity index (χ2n) is 8.23. The maximum atomic E-state index is 15.2. The van der Waals surface area contributed by atoms with Crippen LogP contribution in [0.15, 0.2) is 24.5 Å². The van der Waals surface area contributed by atoms with Crippen molar-refractivity contribution < 1.29 is 27.2 Å². The summed E-state index contributed by atoms with van der Waals surface area (Å²) in [6, 6.07) is 1.91. The molecular weight excluding hydrogens is 480 g/mol. The molecule has 2 unspecified atom stereocenters. The van der Waals surface area contributed by atoms with Gasteiger partial charge in [0.25, 0.3) is 5.91 Å². The van der Waals surface area contributed by atoms with Crippen LogP contribution in [0.3, 0.4) is 0 Å². The van der Waals surface area contributed by atoms with E-state index < -0.39 is 46.6 Å². The first-order valence-corrected chi connectivity index (χ1v) is 10.9. The molecule has 2 atom stereocenters. The van der Waals surface area contributed by atoms with Crippen molar-refractivity contribution in [3.05, 3.63) is 46.6 Å². The fourth-order valence-electron chi connectivity index (χ4n) is 4.47. The third-order valence-corrected chi connectivity index (χ3v) is 6.23. The minimum Gasteiger partial charge on any atom is -0.381 e. The van der Waals surface area contributed by atoms with Crippen molar-refractivity contribution in [3.8, 4) is 0 Å². The van der Waals surface area contributed by atoms with Crippen LogP contribution < -0.4 is 16.4 Å². The van der Waals surface area contributed by atoms with Crippen molar-refractivity contribution in [2.24, 2.45) is 0 Å². The molecule has 1 aromatic carbocycles. The standard InChI is InChI=1S/C21H21ClF4N6O2/c22-12-7-11(21(24,25)26)8-13(9-12)31-20(16-15(23)17(27)30-10-29-16)4-2-6-32(19(20)34)14-3-1-5-28-18(14)33/h7-10,14,31H,1-6H2,(H,28,33)(H2,27,29,30). The Balaban J connectivity index is 1.84. The van der Waals surface area contributed by atoms with Crippen molar-refractivity contribution >= 4 is 34.9 Å². The SMILES string of the molecule is Nc1ncnc(C2(Nc3cc(Cl)cc(C(F)(F)F)c3)CCCN(C3CCCNC3=O)C2=O)c1F. The third-order valence-electron chi connectivity index (χ3n) is 6.01. The van der Waals surface area contributed by atoms with E-state index in [-0.39, 0.29) is 29.6 Å². The first-order chi connectivity index (χ1) is 16.0. The summed E-state index contributed by atoms with van der Waals surface area (Å²) >= 11 is 5.92. The van der Waals surface area contributed by atoms with Crippen LogP contribution in [-0.2, 0) is 21.3 Å². The summed E-state index contributed by atoms with van der Waals surface area (Å²) in [5.41, 5.74) is 2.04. The summed E-state index contributed by atoms with van der Waals surface area (Å²) in [5, 5.41) is 5.24. The van der Waals surface area contributed by atoms with E-state index in [0.717, 1.165) is 18.5 Å². The predicted molar refractivity (Wildman–Crippen MR) is 115 cm³/mol. The van der Waals surface area contributed by atoms with Gasteiger partial charge in [-0.1, -0.05) is 11.6 Å². The number of nitrogens with one attached hydrogen (secondary N) is 2. The van der Waals surface area contributed by atoms with Crippen LogP contribution in [0.4, 0.5) is 29.1 Å². The third kappa shape index (κ3) is 4.33. The lowest BCUT2D eigenvalue weighted by molar-refractivity contribution is -0.148. The Bertz CT molecular complexity index is 1130. The van der Waals surface area contributed by atoms with Gasteiger partial charge < -0.3 is 21.3 Å². The van der Waals surface area contributed by atoms with Gasteiger partial charge in [-0.05, 0) is 43.9 Å². The normalized spacial score (nSPS) is 23.6. The highest BCUT2D eigenvalue weighted by atomic mass is 35.5. The van der Waals surface area contributed by atoms with Gasteiger partial charge >= 0.3 is 6.18 Å². The fourth-order valence-corrected chi connectivity index (χ4v) is 4.70. The van der Waals surface area contributed by atoms with E-state index in [4.69, 9.17) is 17.3 Å². The summed E-state index contributed by atoms with van der Waals surface area (Å²) in [4.78, 5) is 35.2. The van der Waals surface area contributed by atoms with E-state index in [9.17, 15) is 22.8 Å². The van der Waals surface area contributed by atoms with Gasteiger partial charge in [0.1, 0.15) is 18.1 Å². The summed E-state index contributed by atoms with van der Waals surface area (Å²) < 4.78 is 55.3. The van der Waals surface area contributed by atoms with Crippen LogP contribution in [0.2, 0.25) is 5.02 Å². The smallest absolute Gasteiger partial charge is 0.381 e. The van der Waals surface area contributed by atoms with Gasteiger partial charge in [0.2, 0.25) is 5.91 Å². The van der Waals surface area contributed by atoms with Gasteiger partial charge in [0, 0.05) is 23.8 Å². The molecule has 34 heavy (non-hydrogen) atoms.